The lowest BCUT2D eigenvalue weighted by atomic mass is 10.1. The van der Waals surface area contributed by atoms with Gasteiger partial charge in [-0.15, -0.1) is 0 Å². The second kappa shape index (κ2) is 66.8. The summed E-state index contributed by atoms with van der Waals surface area (Å²) < 4.78 is 0. The van der Waals surface area contributed by atoms with Gasteiger partial charge in [0.15, 0.2) is 30.5 Å². The fourth-order valence-corrected chi connectivity index (χ4v) is 4.41. The quantitative estimate of drug-likeness (QED) is 0.0542. The Balaban J connectivity index is -0.0000000984. The highest BCUT2D eigenvalue weighted by Gasteiger charge is 2.22. The summed E-state index contributed by atoms with van der Waals surface area (Å²) in [6.07, 6.45) is -3.58. The predicted octanol–water partition coefficient (Wildman–Crippen LogP) is -0.505. The van der Waals surface area contributed by atoms with Crippen LogP contribution in [0, 0.1) is 17.8 Å². The molecule has 0 aromatic heterocycles. The molecule has 0 radical (unpaired) electrons. The monoisotopic (exact) mass is 1340 g/mol. The third-order valence-corrected chi connectivity index (χ3v) is 9.33. The summed E-state index contributed by atoms with van der Waals surface area (Å²) in [6, 6.07) is -0.537. The second-order valence-electron chi connectivity index (χ2n) is 19.8. The Labute approximate surface area is 525 Å². The van der Waals surface area contributed by atoms with Crippen LogP contribution in [0.4, 0.5) is 0 Å². The number of aliphatic hydroxyl groups is 8. The van der Waals surface area contributed by atoms with E-state index in [4.69, 9.17) is 107 Å². The van der Waals surface area contributed by atoms with Gasteiger partial charge in [0.1, 0.15) is 12.1 Å². The first-order valence-corrected chi connectivity index (χ1v) is 27.6. The van der Waals surface area contributed by atoms with E-state index >= 15 is 0 Å². The van der Waals surface area contributed by atoms with E-state index in [1.807, 2.05) is 13.8 Å². The Kier molecular flexibility index (Phi) is 77.1. The number of Topliss-reactive ketones (excluding diaryl/α,β-unsaturated/α-hetero) is 1. The first-order valence-electron chi connectivity index (χ1n) is 27.6. The minimum atomic E-state index is -1.38. The van der Waals surface area contributed by atoms with Gasteiger partial charge in [-0.2, -0.15) is 0 Å². The van der Waals surface area contributed by atoms with Crippen molar-refractivity contribution < 1.29 is 174 Å². The zero-order valence-electron chi connectivity index (χ0n) is 53.2. The molecule has 0 spiro atoms. The van der Waals surface area contributed by atoms with Gasteiger partial charge in [0.2, 0.25) is 5.78 Å². The van der Waals surface area contributed by atoms with E-state index in [-0.39, 0.29) is 61.9 Å². The number of aliphatic hydroxyl groups excluding tert-OH is 8. The van der Waals surface area contributed by atoms with E-state index in [1.165, 1.54) is 20.8 Å². The van der Waals surface area contributed by atoms with Gasteiger partial charge in [-0.3, -0.25) is 38.4 Å². The summed E-state index contributed by atoms with van der Waals surface area (Å²) in [5, 5.41) is 178. The average molecular weight is 1340 g/mol. The molecule has 2 rings (SSSR count). The summed E-state index contributed by atoms with van der Waals surface area (Å²) >= 11 is 0. The van der Waals surface area contributed by atoms with Crippen molar-refractivity contribution in [3.05, 3.63) is 0 Å². The zero-order chi connectivity index (χ0) is 74.6. The van der Waals surface area contributed by atoms with Crippen molar-refractivity contribution in [2.75, 3.05) is 13.1 Å². The highest BCUT2D eigenvalue weighted by atomic mass is 16.4. The minimum Gasteiger partial charge on any atom is -0.481 e. The number of carboxylic acid groups (broad SMARTS) is 13. The smallest absolute Gasteiger partial charge is 0.371 e. The van der Waals surface area contributed by atoms with Crippen LogP contribution in [0.1, 0.15) is 167 Å². The lowest BCUT2D eigenvalue weighted by Crippen LogP contribution is -2.29. The summed E-state index contributed by atoms with van der Waals surface area (Å²) in [4.78, 5) is 137. The Hall–Kier alpha value is -7.62. The highest BCUT2D eigenvalue weighted by molar-refractivity contribution is 6.31. The van der Waals surface area contributed by atoms with E-state index in [2.05, 4.69) is 10.6 Å². The van der Waals surface area contributed by atoms with Gasteiger partial charge in [-0.05, 0) is 90.1 Å². The number of nitrogens with one attached hydrogen (secondary N) is 2. The van der Waals surface area contributed by atoms with Crippen molar-refractivity contribution in [2.24, 2.45) is 17.8 Å². The van der Waals surface area contributed by atoms with Crippen molar-refractivity contribution >= 4 is 83.4 Å². The van der Waals surface area contributed by atoms with Crippen molar-refractivity contribution in [3.63, 3.8) is 0 Å². The number of carbonyl (C=O) groups is 14. The van der Waals surface area contributed by atoms with Crippen molar-refractivity contribution in [2.45, 2.75) is 227 Å². The van der Waals surface area contributed by atoms with Crippen LogP contribution in [0.15, 0.2) is 0 Å². The summed E-state index contributed by atoms with van der Waals surface area (Å²) in [5.41, 5.74) is 0. The molecular weight excluding hydrogens is 1240 g/mol. The summed E-state index contributed by atoms with van der Waals surface area (Å²) in [7, 11) is 0. The Morgan fingerprint density at radius 3 is 0.615 bits per heavy atom. The lowest BCUT2D eigenvalue weighted by Gasteiger charge is -2.06. The first kappa shape index (κ1) is 105. The molecular formula is C54H102N2O35. The molecule has 2 aliphatic rings. The molecule has 37 nitrogen and oxygen atoms in total. The van der Waals surface area contributed by atoms with Crippen molar-refractivity contribution in [1.82, 2.24) is 10.6 Å². The topological polar surface area (TPSA) is 688 Å². The van der Waals surface area contributed by atoms with Gasteiger partial charge in [-0.1, -0.05) is 68.2 Å². The van der Waals surface area contributed by atoms with Gasteiger partial charge in [0, 0.05) is 6.92 Å². The summed E-state index contributed by atoms with van der Waals surface area (Å²) in [5.74, 6) is -15.0. The molecule has 0 aromatic carbocycles. The molecule has 37 heteroatoms. The molecule has 0 aliphatic carbocycles. The first-order chi connectivity index (χ1) is 41.3. The summed E-state index contributed by atoms with van der Waals surface area (Å²) in [6.45, 7) is 20.6. The Bertz CT molecular complexity index is 1810. The second-order valence-corrected chi connectivity index (χ2v) is 19.8. The molecule has 2 fully saturated rings. The van der Waals surface area contributed by atoms with Gasteiger partial charge in [-0.25, -0.2) is 28.8 Å². The Morgan fingerprint density at radius 2 is 0.571 bits per heavy atom. The predicted molar refractivity (Wildman–Crippen MR) is 314 cm³/mol. The van der Waals surface area contributed by atoms with Crippen LogP contribution in [0.3, 0.4) is 0 Å². The SMILES string of the molecule is CC(=O)C(=O)O.CC(C)C(O)C(=O)O.CC(C)C(O)C(=O)O.CC(C)C(O)C(=O)O.CC(O)CC(=O)O.CC(O)CC(=O)O.CC(O)CC(=O)O.CCCC(O)C(=O)O.CCCC(O)C(=O)O.O=C(O)C1CCCN1.O=C(O)C1CCCN1.O=C(O)CCC(=O)O. The van der Waals surface area contributed by atoms with Crippen molar-refractivity contribution in [3.8, 4) is 0 Å². The third kappa shape index (κ3) is 98.8. The molecule has 0 bridgehead atoms. The maximum Gasteiger partial charge on any atom is 0.371 e. The number of ketones is 1. The van der Waals surface area contributed by atoms with E-state index in [0.29, 0.717) is 25.7 Å². The normalized spacial score (nSPS) is 15.3. The van der Waals surface area contributed by atoms with E-state index in [9.17, 15) is 67.1 Å². The average Bonchev–Trinajstić information content (AvgIpc) is 4.42. The van der Waals surface area contributed by atoms with E-state index in [0.717, 1.165) is 45.7 Å². The van der Waals surface area contributed by atoms with Gasteiger partial charge >= 0.3 is 77.6 Å². The molecule has 538 valence electrons. The largest absolute Gasteiger partial charge is 0.481 e. The molecule has 91 heavy (non-hydrogen) atoms. The van der Waals surface area contributed by atoms with E-state index in [1.54, 1.807) is 41.5 Å². The molecule has 10 atom stereocenters. The highest BCUT2D eigenvalue weighted by Crippen LogP contribution is 2.05. The molecule has 2 aliphatic heterocycles. The fraction of sp³-hybridized carbons (Fsp3) is 0.741. The van der Waals surface area contributed by atoms with Crippen LogP contribution >= 0.6 is 0 Å². The van der Waals surface area contributed by atoms with Crippen LogP contribution < -0.4 is 10.6 Å². The van der Waals surface area contributed by atoms with Crippen LogP contribution in [-0.2, 0) is 67.1 Å². The van der Waals surface area contributed by atoms with Crippen LogP contribution in [0.25, 0.3) is 0 Å². The number of rotatable bonds is 24. The number of carbonyl (C=O) groups excluding carboxylic acids is 1. The molecule has 2 saturated heterocycles. The molecule has 10 unspecified atom stereocenters. The molecule has 0 amide bonds. The molecule has 23 N–H and O–H groups in total. The molecule has 0 saturated carbocycles. The minimum absolute atomic E-state index is 0.167. The molecule has 2 heterocycles. The van der Waals surface area contributed by atoms with Gasteiger partial charge in [0.05, 0.1) is 50.4 Å². The van der Waals surface area contributed by atoms with Gasteiger partial charge < -0.3 is 118 Å². The van der Waals surface area contributed by atoms with E-state index < -0.39 is 132 Å². The number of aliphatic carboxylic acids is 13. The maximum atomic E-state index is 10.1. The van der Waals surface area contributed by atoms with Crippen LogP contribution in [0.5, 0.6) is 0 Å². The lowest BCUT2D eigenvalue weighted by molar-refractivity contribution is -0.149. The standard InChI is InChI=1S/2C5H9NO2.5C5H10O3.C4H6O4.3C4H8O3.C3H4O3/c2*7-5(8)4-2-1-3-6-4;3*1-3(2)4(6)5(7)8;2*1-2-3-4(6)5(7)8;5-3(6)1-2-4(7)8;3*1-3(5)2-4(6)7;1-2(4)3(5)6/h2*4,6H,1-3H2,(H,7,8);3*3-4,6H,1-2H3,(H,7,8);2*4,6H,2-3H2,1H3,(H,7,8);1-2H2,(H,5,6)(H,7,8);3*3,5H,2H2,1H3,(H,6,7);1H3,(H,5,6). The number of carboxylic acids is 13. The molecule has 0 aromatic rings. The maximum absolute atomic E-state index is 10.1. The van der Waals surface area contributed by atoms with Crippen molar-refractivity contribution in [1.29, 1.82) is 0 Å². The van der Waals surface area contributed by atoms with Crippen LogP contribution in [-0.4, -0.2) is 265 Å². The zero-order valence-corrected chi connectivity index (χ0v) is 53.2. The van der Waals surface area contributed by atoms with Gasteiger partial charge in [0.25, 0.3) is 0 Å². The Morgan fingerprint density at radius 1 is 0.363 bits per heavy atom. The fourth-order valence-electron chi connectivity index (χ4n) is 4.41. The third-order valence-electron chi connectivity index (χ3n) is 9.33. The number of hydrogen-bond acceptors (Lipinski definition) is 24. The number of hydrogen-bond donors (Lipinski definition) is 23. The van der Waals surface area contributed by atoms with Crippen LogP contribution in [0.2, 0.25) is 0 Å².